The SMILES string of the molecule is CCN(C1CC2CCC(C1)N2)C1CCCC(C)C1C. The van der Waals surface area contributed by atoms with Crippen molar-refractivity contribution in [2.24, 2.45) is 11.8 Å². The van der Waals surface area contributed by atoms with Gasteiger partial charge in [-0.25, -0.2) is 0 Å². The summed E-state index contributed by atoms with van der Waals surface area (Å²) in [6.07, 6.45) is 10.0. The van der Waals surface area contributed by atoms with Gasteiger partial charge in [0.05, 0.1) is 0 Å². The fourth-order valence-corrected chi connectivity index (χ4v) is 5.08. The van der Waals surface area contributed by atoms with Crippen LogP contribution in [-0.2, 0) is 0 Å². The lowest BCUT2D eigenvalue weighted by Crippen LogP contribution is -2.54. The average molecular weight is 264 g/mol. The Morgan fingerprint density at radius 2 is 1.68 bits per heavy atom. The van der Waals surface area contributed by atoms with Crippen molar-refractivity contribution in [1.29, 1.82) is 0 Å². The van der Waals surface area contributed by atoms with Crippen LogP contribution in [0.25, 0.3) is 0 Å². The molecule has 0 radical (unpaired) electrons. The Labute approximate surface area is 119 Å². The first-order chi connectivity index (χ1) is 9.19. The number of hydrogen-bond donors (Lipinski definition) is 1. The number of piperidine rings is 1. The normalized spacial score (nSPS) is 46.7. The van der Waals surface area contributed by atoms with Crippen molar-refractivity contribution >= 4 is 0 Å². The van der Waals surface area contributed by atoms with Gasteiger partial charge in [-0.15, -0.1) is 0 Å². The monoisotopic (exact) mass is 264 g/mol. The standard InChI is InChI=1S/C17H32N2/c1-4-19(17-7-5-6-12(2)13(17)3)16-10-14-8-9-15(11-16)18-14/h12-18H,4-11H2,1-3H3. The van der Waals surface area contributed by atoms with Crippen LogP contribution in [0.1, 0.15) is 65.7 Å². The molecule has 2 nitrogen and oxygen atoms in total. The predicted molar refractivity (Wildman–Crippen MR) is 81.3 cm³/mol. The number of fused-ring (bicyclic) bond motifs is 2. The van der Waals surface area contributed by atoms with E-state index in [9.17, 15) is 0 Å². The first-order valence-electron chi connectivity index (χ1n) is 8.70. The van der Waals surface area contributed by atoms with E-state index in [1.165, 1.54) is 51.5 Å². The highest BCUT2D eigenvalue weighted by Crippen LogP contribution is 2.37. The second-order valence-electron chi connectivity index (χ2n) is 7.43. The van der Waals surface area contributed by atoms with Crippen LogP contribution in [0.3, 0.4) is 0 Å². The van der Waals surface area contributed by atoms with Gasteiger partial charge in [0.25, 0.3) is 0 Å². The quantitative estimate of drug-likeness (QED) is 0.840. The number of nitrogens with one attached hydrogen (secondary N) is 1. The van der Waals surface area contributed by atoms with Gasteiger partial charge in [0.1, 0.15) is 0 Å². The summed E-state index contributed by atoms with van der Waals surface area (Å²) in [7, 11) is 0. The molecule has 5 atom stereocenters. The smallest absolute Gasteiger partial charge is 0.0128 e. The summed E-state index contributed by atoms with van der Waals surface area (Å²) < 4.78 is 0. The maximum Gasteiger partial charge on any atom is 0.0128 e. The minimum absolute atomic E-state index is 0.828. The van der Waals surface area contributed by atoms with Crippen molar-refractivity contribution < 1.29 is 0 Å². The molecular weight excluding hydrogens is 232 g/mol. The van der Waals surface area contributed by atoms with Gasteiger partial charge >= 0.3 is 0 Å². The van der Waals surface area contributed by atoms with Crippen LogP contribution in [0.5, 0.6) is 0 Å². The molecule has 0 aromatic carbocycles. The molecule has 2 bridgehead atoms. The molecule has 2 saturated heterocycles. The molecule has 1 aliphatic carbocycles. The van der Waals surface area contributed by atoms with Crippen molar-refractivity contribution in [3.8, 4) is 0 Å². The lowest BCUT2D eigenvalue weighted by atomic mass is 9.76. The van der Waals surface area contributed by atoms with Crippen LogP contribution in [0.4, 0.5) is 0 Å². The maximum atomic E-state index is 3.80. The summed E-state index contributed by atoms with van der Waals surface area (Å²) in [5, 5.41) is 3.80. The highest BCUT2D eigenvalue weighted by atomic mass is 15.2. The molecule has 0 aromatic heterocycles. The summed E-state index contributed by atoms with van der Waals surface area (Å²) in [5.41, 5.74) is 0. The van der Waals surface area contributed by atoms with Crippen LogP contribution in [0.2, 0.25) is 0 Å². The molecule has 3 rings (SSSR count). The Morgan fingerprint density at radius 1 is 1.00 bits per heavy atom. The van der Waals surface area contributed by atoms with Crippen LogP contribution in [0.15, 0.2) is 0 Å². The summed E-state index contributed by atoms with van der Waals surface area (Å²) in [5.74, 6) is 1.81. The molecule has 0 aromatic rings. The molecule has 2 aliphatic heterocycles. The molecule has 3 fully saturated rings. The van der Waals surface area contributed by atoms with Crippen LogP contribution in [0, 0.1) is 11.8 Å². The Kier molecular flexibility index (Phi) is 4.19. The largest absolute Gasteiger partial charge is 0.311 e. The molecule has 110 valence electrons. The van der Waals surface area contributed by atoms with Gasteiger partial charge in [-0.05, 0) is 50.5 Å². The van der Waals surface area contributed by atoms with Gasteiger partial charge in [-0.3, -0.25) is 4.90 Å². The van der Waals surface area contributed by atoms with Crippen molar-refractivity contribution in [2.45, 2.75) is 89.9 Å². The first kappa shape index (κ1) is 13.9. The predicted octanol–water partition coefficient (Wildman–Crippen LogP) is 3.42. The third-order valence-electron chi connectivity index (χ3n) is 6.37. The van der Waals surface area contributed by atoms with E-state index in [4.69, 9.17) is 0 Å². The number of rotatable bonds is 3. The molecule has 2 heteroatoms. The van der Waals surface area contributed by atoms with Crippen molar-refractivity contribution in [2.75, 3.05) is 6.54 Å². The minimum Gasteiger partial charge on any atom is -0.311 e. The van der Waals surface area contributed by atoms with E-state index in [2.05, 4.69) is 31.0 Å². The summed E-state index contributed by atoms with van der Waals surface area (Å²) >= 11 is 0. The lowest BCUT2D eigenvalue weighted by Gasteiger charge is -2.47. The topological polar surface area (TPSA) is 15.3 Å². The third-order valence-corrected chi connectivity index (χ3v) is 6.37. The summed E-state index contributed by atoms with van der Waals surface area (Å²) in [6.45, 7) is 8.62. The van der Waals surface area contributed by atoms with E-state index in [0.29, 0.717) is 0 Å². The van der Waals surface area contributed by atoms with E-state index in [0.717, 1.165) is 36.0 Å². The fraction of sp³-hybridized carbons (Fsp3) is 1.00. The minimum atomic E-state index is 0.828. The van der Waals surface area contributed by atoms with E-state index in [1.54, 1.807) is 0 Å². The average Bonchev–Trinajstić information content (AvgIpc) is 2.74. The Morgan fingerprint density at radius 3 is 2.32 bits per heavy atom. The second kappa shape index (κ2) is 5.73. The second-order valence-corrected chi connectivity index (χ2v) is 7.43. The molecule has 0 spiro atoms. The third kappa shape index (κ3) is 2.71. The van der Waals surface area contributed by atoms with Crippen LogP contribution in [-0.4, -0.2) is 35.6 Å². The summed E-state index contributed by atoms with van der Waals surface area (Å²) in [6, 6.07) is 3.38. The Bertz CT molecular complexity index is 292. The van der Waals surface area contributed by atoms with Gasteiger partial charge < -0.3 is 5.32 Å². The molecule has 0 amide bonds. The van der Waals surface area contributed by atoms with Gasteiger partial charge in [-0.2, -0.15) is 0 Å². The van der Waals surface area contributed by atoms with Gasteiger partial charge in [0, 0.05) is 24.2 Å². The Hall–Kier alpha value is -0.0800. The molecule has 19 heavy (non-hydrogen) atoms. The van der Waals surface area contributed by atoms with E-state index in [-0.39, 0.29) is 0 Å². The van der Waals surface area contributed by atoms with Crippen LogP contribution >= 0.6 is 0 Å². The molecular formula is C17H32N2. The van der Waals surface area contributed by atoms with Crippen molar-refractivity contribution in [3.63, 3.8) is 0 Å². The molecule has 2 heterocycles. The fourth-order valence-electron chi connectivity index (χ4n) is 5.08. The zero-order chi connectivity index (χ0) is 13.4. The zero-order valence-electron chi connectivity index (χ0n) is 13.1. The summed E-state index contributed by atoms with van der Waals surface area (Å²) in [4.78, 5) is 2.90. The Balaban J connectivity index is 1.69. The van der Waals surface area contributed by atoms with E-state index >= 15 is 0 Å². The van der Waals surface area contributed by atoms with Gasteiger partial charge in [-0.1, -0.05) is 33.6 Å². The highest BCUT2D eigenvalue weighted by Gasteiger charge is 2.40. The highest BCUT2D eigenvalue weighted by molar-refractivity contribution is 4.98. The van der Waals surface area contributed by atoms with Crippen molar-refractivity contribution in [1.82, 2.24) is 10.2 Å². The zero-order valence-corrected chi connectivity index (χ0v) is 13.1. The van der Waals surface area contributed by atoms with Gasteiger partial charge in [0.15, 0.2) is 0 Å². The number of nitrogens with zero attached hydrogens (tertiary/aromatic N) is 1. The molecule has 1 saturated carbocycles. The number of hydrogen-bond acceptors (Lipinski definition) is 2. The molecule has 3 aliphatic rings. The van der Waals surface area contributed by atoms with E-state index < -0.39 is 0 Å². The first-order valence-corrected chi connectivity index (χ1v) is 8.70. The molecule has 1 N–H and O–H groups in total. The lowest BCUT2D eigenvalue weighted by molar-refractivity contribution is 0.0316. The van der Waals surface area contributed by atoms with Crippen molar-refractivity contribution in [3.05, 3.63) is 0 Å². The van der Waals surface area contributed by atoms with Crippen LogP contribution < -0.4 is 5.32 Å². The van der Waals surface area contributed by atoms with E-state index in [1.807, 2.05) is 0 Å². The maximum absolute atomic E-state index is 3.80. The molecule has 5 unspecified atom stereocenters. The van der Waals surface area contributed by atoms with Gasteiger partial charge in [0.2, 0.25) is 0 Å².